The smallest absolute Gasteiger partial charge is 0.252 e. The van der Waals surface area contributed by atoms with Gasteiger partial charge >= 0.3 is 0 Å². The van der Waals surface area contributed by atoms with Crippen molar-refractivity contribution in [3.63, 3.8) is 0 Å². The van der Waals surface area contributed by atoms with E-state index in [2.05, 4.69) is 5.32 Å². The molecule has 1 aliphatic carbocycles. The Kier molecular flexibility index (Phi) is 2.66. The van der Waals surface area contributed by atoms with E-state index in [1.807, 2.05) is 0 Å². The lowest BCUT2D eigenvalue weighted by Crippen LogP contribution is -2.37. The van der Waals surface area contributed by atoms with Crippen LogP contribution in [0, 0.1) is 11.8 Å². The second-order valence-corrected chi connectivity index (χ2v) is 4.50. The number of likely N-dealkylation sites (tertiary alicyclic amines) is 1. The third kappa shape index (κ3) is 1.85. The number of likely N-dealkylation sites (N-methyl/N-ethyl adjacent to an activating group) is 1. The Labute approximate surface area is 87.8 Å². The molecule has 1 saturated carbocycles. The zero-order valence-corrected chi connectivity index (χ0v) is 8.80. The molecular formula is C10H16F2N2O. The summed E-state index contributed by atoms with van der Waals surface area (Å²) in [6.45, 7) is 0.990. The highest BCUT2D eigenvalue weighted by molar-refractivity contribution is 5.78. The first kappa shape index (κ1) is 10.8. The van der Waals surface area contributed by atoms with Crippen molar-refractivity contribution >= 4 is 5.91 Å². The van der Waals surface area contributed by atoms with Crippen molar-refractivity contribution in [1.29, 1.82) is 0 Å². The first-order valence-corrected chi connectivity index (χ1v) is 5.35. The molecule has 0 spiro atoms. The minimum Gasteiger partial charge on any atom is -0.341 e. The van der Waals surface area contributed by atoms with E-state index >= 15 is 0 Å². The van der Waals surface area contributed by atoms with E-state index in [1.165, 1.54) is 0 Å². The van der Waals surface area contributed by atoms with Gasteiger partial charge in [-0.1, -0.05) is 0 Å². The molecule has 3 nitrogen and oxygen atoms in total. The summed E-state index contributed by atoms with van der Waals surface area (Å²) in [7, 11) is 1.68. The number of fused-ring (bicyclic) bond motifs is 1. The average Bonchev–Trinajstić information content (AvgIpc) is 2.68. The van der Waals surface area contributed by atoms with Crippen molar-refractivity contribution in [2.45, 2.75) is 18.8 Å². The van der Waals surface area contributed by atoms with E-state index in [0.717, 1.165) is 0 Å². The number of carbonyl (C=O) groups excluding carboxylic acids is 1. The predicted octanol–water partition coefficient (Wildman–Crippen LogP) is 0.709. The molecule has 0 aromatic heterocycles. The maximum Gasteiger partial charge on any atom is 0.252 e. The molecule has 1 aliphatic heterocycles. The van der Waals surface area contributed by atoms with Crippen LogP contribution in [0.4, 0.5) is 8.78 Å². The quantitative estimate of drug-likeness (QED) is 0.740. The van der Waals surface area contributed by atoms with E-state index in [4.69, 9.17) is 0 Å². The monoisotopic (exact) mass is 218 g/mol. The van der Waals surface area contributed by atoms with Crippen LogP contribution in [0.15, 0.2) is 0 Å². The minimum atomic E-state index is -2.56. The van der Waals surface area contributed by atoms with Gasteiger partial charge < -0.3 is 10.2 Å². The van der Waals surface area contributed by atoms with Gasteiger partial charge in [-0.05, 0) is 19.4 Å². The third-order valence-corrected chi connectivity index (χ3v) is 3.51. The zero-order valence-electron chi connectivity index (χ0n) is 8.80. The van der Waals surface area contributed by atoms with Crippen LogP contribution in [0.5, 0.6) is 0 Å². The van der Waals surface area contributed by atoms with Gasteiger partial charge in [0.15, 0.2) is 0 Å². The van der Waals surface area contributed by atoms with E-state index in [1.54, 1.807) is 11.9 Å². The summed E-state index contributed by atoms with van der Waals surface area (Å²) in [5.74, 6) is -3.21. The third-order valence-electron chi connectivity index (χ3n) is 3.51. The fourth-order valence-corrected chi connectivity index (χ4v) is 2.67. The van der Waals surface area contributed by atoms with Gasteiger partial charge in [-0.2, -0.15) is 0 Å². The Hall–Kier alpha value is -0.710. The lowest BCUT2D eigenvalue weighted by molar-refractivity contribution is -0.130. The standard InChI is InChI=1S/C10H16F2N2O/c1-13-4-9(15)14-5-7-2-3-10(11,12)8(7)6-14/h7-8,13H,2-6H2,1H3/t7-,8+/m1/s1. The Morgan fingerprint density at radius 3 is 2.87 bits per heavy atom. The molecule has 1 N–H and O–H groups in total. The lowest BCUT2D eigenvalue weighted by atomic mass is 9.99. The molecule has 2 rings (SSSR count). The fraction of sp³-hybridized carbons (Fsp3) is 0.900. The molecule has 5 heteroatoms. The molecule has 2 aliphatic rings. The van der Waals surface area contributed by atoms with Crippen molar-refractivity contribution in [3.05, 3.63) is 0 Å². The van der Waals surface area contributed by atoms with Crippen LogP contribution in [-0.2, 0) is 4.79 Å². The molecule has 0 aromatic carbocycles. The van der Waals surface area contributed by atoms with Crippen LogP contribution in [0.3, 0.4) is 0 Å². The van der Waals surface area contributed by atoms with Crippen molar-refractivity contribution in [1.82, 2.24) is 10.2 Å². The first-order valence-electron chi connectivity index (χ1n) is 5.35. The predicted molar refractivity (Wildman–Crippen MR) is 51.7 cm³/mol. The minimum absolute atomic E-state index is 0.00358. The largest absolute Gasteiger partial charge is 0.341 e. The van der Waals surface area contributed by atoms with Crippen LogP contribution >= 0.6 is 0 Å². The fourth-order valence-electron chi connectivity index (χ4n) is 2.67. The molecule has 86 valence electrons. The topological polar surface area (TPSA) is 32.3 Å². The molecule has 1 saturated heterocycles. The van der Waals surface area contributed by atoms with Gasteiger partial charge in [0.25, 0.3) is 5.92 Å². The molecule has 2 fully saturated rings. The SMILES string of the molecule is CNCC(=O)N1C[C@H]2CCC(F)(F)[C@H]2C1. The van der Waals surface area contributed by atoms with Crippen LogP contribution in [0.2, 0.25) is 0 Å². The Morgan fingerprint density at radius 1 is 1.53 bits per heavy atom. The second kappa shape index (κ2) is 3.70. The number of nitrogens with zero attached hydrogens (tertiary/aromatic N) is 1. The second-order valence-electron chi connectivity index (χ2n) is 4.50. The van der Waals surface area contributed by atoms with Crippen molar-refractivity contribution < 1.29 is 13.6 Å². The summed E-state index contributed by atoms with van der Waals surface area (Å²) in [5, 5.41) is 2.75. The lowest BCUT2D eigenvalue weighted by Gasteiger charge is -2.20. The molecule has 15 heavy (non-hydrogen) atoms. The maximum atomic E-state index is 13.4. The maximum absolute atomic E-state index is 13.4. The van der Waals surface area contributed by atoms with Gasteiger partial charge in [0.2, 0.25) is 5.91 Å². The van der Waals surface area contributed by atoms with Crippen molar-refractivity contribution in [3.8, 4) is 0 Å². The number of nitrogens with one attached hydrogen (secondary N) is 1. The Bertz CT molecular complexity index is 270. The number of hydrogen-bond acceptors (Lipinski definition) is 2. The van der Waals surface area contributed by atoms with E-state index in [0.29, 0.717) is 13.0 Å². The van der Waals surface area contributed by atoms with Gasteiger partial charge in [0.05, 0.1) is 6.54 Å². The summed E-state index contributed by atoms with van der Waals surface area (Å²) in [6.07, 6.45) is 0.553. The summed E-state index contributed by atoms with van der Waals surface area (Å²) >= 11 is 0. The highest BCUT2D eigenvalue weighted by Gasteiger charge is 2.54. The van der Waals surface area contributed by atoms with Gasteiger partial charge in [0.1, 0.15) is 0 Å². The van der Waals surface area contributed by atoms with Gasteiger partial charge in [-0.25, -0.2) is 8.78 Å². The van der Waals surface area contributed by atoms with E-state index in [9.17, 15) is 13.6 Å². The molecule has 1 amide bonds. The van der Waals surface area contributed by atoms with Crippen molar-refractivity contribution in [2.75, 3.05) is 26.7 Å². The summed E-state index contributed by atoms with van der Waals surface area (Å²) in [5.41, 5.74) is 0. The molecular weight excluding hydrogens is 202 g/mol. The number of rotatable bonds is 2. The molecule has 0 radical (unpaired) electrons. The Morgan fingerprint density at radius 2 is 2.27 bits per heavy atom. The highest BCUT2D eigenvalue weighted by Crippen LogP contribution is 2.48. The molecule has 1 heterocycles. The molecule has 0 bridgehead atoms. The Balaban J connectivity index is 1.98. The number of hydrogen-bond donors (Lipinski definition) is 1. The molecule has 0 aromatic rings. The number of amides is 1. The van der Waals surface area contributed by atoms with Crippen LogP contribution < -0.4 is 5.32 Å². The van der Waals surface area contributed by atoms with E-state index < -0.39 is 11.8 Å². The number of carbonyl (C=O) groups is 1. The zero-order chi connectivity index (χ0) is 11.1. The summed E-state index contributed by atoms with van der Waals surface area (Å²) in [4.78, 5) is 13.1. The summed E-state index contributed by atoms with van der Waals surface area (Å²) < 4.78 is 26.7. The molecule has 0 unspecified atom stereocenters. The van der Waals surface area contributed by atoms with Crippen LogP contribution in [0.25, 0.3) is 0 Å². The number of halogens is 2. The normalized spacial score (nSPS) is 33.1. The van der Waals surface area contributed by atoms with Crippen LogP contribution in [0.1, 0.15) is 12.8 Å². The first-order chi connectivity index (χ1) is 7.04. The number of alkyl halides is 2. The van der Waals surface area contributed by atoms with Crippen LogP contribution in [-0.4, -0.2) is 43.4 Å². The summed E-state index contributed by atoms with van der Waals surface area (Å²) in [6, 6.07) is 0. The van der Waals surface area contributed by atoms with Crippen molar-refractivity contribution in [2.24, 2.45) is 11.8 Å². The highest BCUT2D eigenvalue weighted by atomic mass is 19.3. The molecule has 2 atom stereocenters. The van der Waals surface area contributed by atoms with E-state index in [-0.39, 0.29) is 31.3 Å². The van der Waals surface area contributed by atoms with Gasteiger partial charge in [-0.15, -0.1) is 0 Å². The van der Waals surface area contributed by atoms with Gasteiger partial charge in [-0.3, -0.25) is 4.79 Å². The average molecular weight is 218 g/mol. The van der Waals surface area contributed by atoms with Gasteiger partial charge in [0, 0.05) is 25.4 Å².